The molecule has 2 aromatic carbocycles. The summed E-state index contributed by atoms with van der Waals surface area (Å²) >= 11 is 0. The van der Waals surface area contributed by atoms with E-state index in [0.29, 0.717) is 5.56 Å². The van der Waals surface area contributed by atoms with Crippen LogP contribution in [0.5, 0.6) is 0 Å². The fourth-order valence-electron chi connectivity index (χ4n) is 2.27. The Morgan fingerprint density at radius 2 is 1.76 bits per heavy atom. The van der Waals surface area contributed by atoms with Crippen molar-refractivity contribution in [1.29, 1.82) is 0 Å². The van der Waals surface area contributed by atoms with Gasteiger partial charge in [-0.25, -0.2) is 17.5 Å². The molecule has 3 aromatic rings. The first-order valence-electron chi connectivity index (χ1n) is 7.62. The van der Waals surface area contributed by atoms with Gasteiger partial charge in [0.15, 0.2) is 0 Å². The Morgan fingerprint density at radius 3 is 2.52 bits per heavy atom. The number of hydrogen-bond donors (Lipinski definition) is 1. The number of hydrogen-bond acceptors (Lipinski definition) is 5. The first-order chi connectivity index (χ1) is 12.0. The van der Waals surface area contributed by atoms with Crippen LogP contribution < -0.4 is 4.72 Å². The molecule has 0 bridgehead atoms. The number of aromatic nitrogens is 2. The smallest absolute Gasteiger partial charge is 0.228 e. The van der Waals surface area contributed by atoms with Gasteiger partial charge in [0.25, 0.3) is 0 Å². The molecule has 0 aliphatic heterocycles. The summed E-state index contributed by atoms with van der Waals surface area (Å²) in [5, 5.41) is 3.73. The number of halogens is 1. The van der Waals surface area contributed by atoms with E-state index >= 15 is 0 Å². The molecule has 0 saturated heterocycles. The van der Waals surface area contributed by atoms with Gasteiger partial charge in [-0.2, -0.15) is 4.98 Å². The molecule has 25 heavy (non-hydrogen) atoms. The summed E-state index contributed by atoms with van der Waals surface area (Å²) < 4.78 is 45.3. The summed E-state index contributed by atoms with van der Waals surface area (Å²) in [5.74, 6) is -0.169. The molecule has 0 radical (unpaired) electrons. The monoisotopic (exact) mass is 361 g/mol. The third kappa shape index (κ3) is 4.71. The quantitative estimate of drug-likeness (QED) is 0.699. The van der Waals surface area contributed by atoms with E-state index in [1.54, 1.807) is 42.5 Å². The van der Waals surface area contributed by atoms with Crippen molar-refractivity contribution in [2.24, 2.45) is 0 Å². The maximum Gasteiger partial charge on any atom is 0.228 e. The molecule has 6 nitrogen and oxygen atoms in total. The van der Waals surface area contributed by atoms with Crippen LogP contribution in [0.4, 0.5) is 4.39 Å². The lowest BCUT2D eigenvalue weighted by molar-refractivity contribution is 0.378. The van der Waals surface area contributed by atoms with E-state index in [-0.39, 0.29) is 36.0 Å². The molecule has 0 spiro atoms. The van der Waals surface area contributed by atoms with Crippen molar-refractivity contribution in [3.05, 3.63) is 71.9 Å². The van der Waals surface area contributed by atoms with E-state index in [1.807, 2.05) is 6.07 Å². The molecule has 1 N–H and O–H groups in total. The number of rotatable bonds is 7. The second-order valence-electron chi connectivity index (χ2n) is 5.38. The van der Waals surface area contributed by atoms with Crippen LogP contribution in [0, 0.1) is 5.82 Å². The molecule has 0 atom stereocenters. The number of nitrogens with one attached hydrogen (secondary N) is 1. The Labute approximate surface area is 144 Å². The Bertz CT molecular complexity index is 943. The molecular weight excluding hydrogens is 345 g/mol. The van der Waals surface area contributed by atoms with Crippen molar-refractivity contribution in [1.82, 2.24) is 14.9 Å². The molecule has 8 heteroatoms. The van der Waals surface area contributed by atoms with Crippen LogP contribution in [0.2, 0.25) is 0 Å². The standard InChI is InChI=1S/C17H16FN3O3S/c18-15-9-5-4-8-14(15)17-20-16(24-21-17)10-11-19-25(22,23)12-13-6-2-1-3-7-13/h1-9,19H,10-12H2. The van der Waals surface area contributed by atoms with Crippen molar-refractivity contribution in [3.63, 3.8) is 0 Å². The molecule has 1 aromatic heterocycles. The van der Waals surface area contributed by atoms with Crippen LogP contribution in [-0.2, 0) is 22.2 Å². The minimum Gasteiger partial charge on any atom is -0.339 e. The summed E-state index contributed by atoms with van der Waals surface area (Å²) in [5.41, 5.74) is 0.941. The Morgan fingerprint density at radius 1 is 1.04 bits per heavy atom. The van der Waals surface area contributed by atoms with Crippen LogP contribution in [-0.4, -0.2) is 25.1 Å². The lowest BCUT2D eigenvalue weighted by atomic mass is 10.2. The molecule has 3 rings (SSSR count). The van der Waals surface area contributed by atoms with Crippen molar-refractivity contribution in [3.8, 4) is 11.4 Å². The number of benzene rings is 2. The lowest BCUT2D eigenvalue weighted by Crippen LogP contribution is -2.27. The summed E-state index contributed by atoms with van der Waals surface area (Å²) in [4.78, 5) is 4.09. The van der Waals surface area contributed by atoms with Crippen molar-refractivity contribution in [2.45, 2.75) is 12.2 Å². The molecular formula is C17H16FN3O3S. The topological polar surface area (TPSA) is 85.1 Å². The zero-order valence-corrected chi connectivity index (χ0v) is 14.0. The highest BCUT2D eigenvalue weighted by molar-refractivity contribution is 7.88. The van der Waals surface area contributed by atoms with E-state index in [0.717, 1.165) is 0 Å². The van der Waals surface area contributed by atoms with E-state index in [1.165, 1.54) is 6.07 Å². The van der Waals surface area contributed by atoms with Gasteiger partial charge in [0, 0.05) is 13.0 Å². The van der Waals surface area contributed by atoms with E-state index in [4.69, 9.17) is 4.52 Å². The summed E-state index contributed by atoms with van der Waals surface area (Å²) in [6.07, 6.45) is 0.218. The van der Waals surface area contributed by atoms with Gasteiger partial charge < -0.3 is 4.52 Å². The van der Waals surface area contributed by atoms with Crippen molar-refractivity contribution in [2.75, 3.05) is 6.54 Å². The van der Waals surface area contributed by atoms with E-state index in [9.17, 15) is 12.8 Å². The zero-order chi connectivity index (χ0) is 17.7. The number of sulfonamides is 1. The molecule has 1 heterocycles. The van der Waals surface area contributed by atoms with Crippen LogP contribution in [0.3, 0.4) is 0 Å². The SMILES string of the molecule is O=S(=O)(Cc1ccccc1)NCCc1nc(-c2ccccc2F)no1. The van der Waals surface area contributed by atoms with Crippen LogP contribution in [0.1, 0.15) is 11.5 Å². The molecule has 0 fully saturated rings. The van der Waals surface area contributed by atoms with Gasteiger partial charge in [0.1, 0.15) is 5.82 Å². The highest BCUT2D eigenvalue weighted by Gasteiger charge is 2.14. The third-order valence-corrected chi connectivity index (χ3v) is 4.80. The highest BCUT2D eigenvalue weighted by atomic mass is 32.2. The van der Waals surface area contributed by atoms with Gasteiger partial charge >= 0.3 is 0 Å². The first-order valence-corrected chi connectivity index (χ1v) is 9.27. The Hall–Kier alpha value is -2.58. The summed E-state index contributed by atoms with van der Waals surface area (Å²) in [7, 11) is -3.46. The van der Waals surface area contributed by atoms with Crippen LogP contribution in [0.25, 0.3) is 11.4 Å². The molecule has 130 valence electrons. The second-order valence-corrected chi connectivity index (χ2v) is 7.19. The van der Waals surface area contributed by atoms with Crippen LogP contribution >= 0.6 is 0 Å². The maximum absolute atomic E-state index is 13.7. The first kappa shape index (κ1) is 17.2. The maximum atomic E-state index is 13.7. The minimum absolute atomic E-state index is 0.0991. The zero-order valence-electron chi connectivity index (χ0n) is 13.2. The van der Waals surface area contributed by atoms with Gasteiger partial charge in [0.2, 0.25) is 21.7 Å². The average molecular weight is 361 g/mol. The van der Waals surface area contributed by atoms with Gasteiger partial charge in [-0.1, -0.05) is 47.6 Å². The molecule has 0 aliphatic rings. The van der Waals surface area contributed by atoms with Gasteiger partial charge in [0.05, 0.1) is 11.3 Å². The molecule has 0 aliphatic carbocycles. The average Bonchev–Trinajstić information content (AvgIpc) is 3.04. The fraction of sp³-hybridized carbons (Fsp3) is 0.176. The predicted octanol–water partition coefficient (Wildman–Crippen LogP) is 2.54. The van der Waals surface area contributed by atoms with Crippen molar-refractivity contribution >= 4 is 10.0 Å². The fourth-order valence-corrected chi connectivity index (χ4v) is 3.41. The summed E-state index contributed by atoms with van der Waals surface area (Å²) in [6, 6.07) is 15.0. The van der Waals surface area contributed by atoms with E-state index in [2.05, 4.69) is 14.9 Å². The molecule has 0 amide bonds. The Balaban J connectivity index is 1.57. The largest absolute Gasteiger partial charge is 0.339 e. The lowest BCUT2D eigenvalue weighted by Gasteiger charge is -2.05. The Kier molecular flexibility index (Phi) is 5.20. The van der Waals surface area contributed by atoms with Crippen LogP contribution in [0.15, 0.2) is 59.1 Å². The van der Waals surface area contributed by atoms with Gasteiger partial charge in [-0.05, 0) is 17.7 Å². The second kappa shape index (κ2) is 7.54. The molecule has 0 unspecified atom stereocenters. The molecule has 0 saturated carbocycles. The normalized spacial score (nSPS) is 11.6. The highest BCUT2D eigenvalue weighted by Crippen LogP contribution is 2.19. The van der Waals surface area contributed by atoms with Crippen molar-refractivity contribution < 1.29 is 17.3 Å². The number of nitrogens with zero attached hydrogens (tertiary/aromatic N) is 2. The summed E-state index contributed by atoms with van der Waals surface area (Å²) in [6.45, 7) is 0.119. The van der Waals surface area contributed by atoms with E-state index < -0.39 is 15.8 Å². The third-order valence-electron chi connectivity index (χ3n) is 3.44. The predicted molar refractivity (Wildman–Crippen MR) is 90.5 cm³/mol. The van der Waals surface area contributed by atoms with Gasteiger partial charge in [-0.3, -0.25) is 0 Å². The minimum atomic E-state index is -3.46. The van der Waals surface area contributed by atoms with Gasteiger partial charge in [-0.15, -0.1) is 0 Å².